The van der Waals surface area contributed by atoms with Gasteiger partial charge in [-0.05, 0) is 61.0 Å². The van der Waals surface area contributed by atoms with Gasteiger partial charge >= 0.3 is 0 Å². The SMILES string of the molecule is CC(=O)Nc1ccc(NC(=O)c2cc(S(=O)(=O)Nc3ccccc3F)ccc2C)cc1. The van der Waals surface area contributed by atoms with Gasteiger partial charge in [0.15, 0.2) is 0 Å². The van der Waals surface area contributed by atoms with Gasteiger partial charge in [-0.15, -0.1) is 0 Å². The van der Waals surface area contributed by atoms with Crippen LogP contribution in [0.15, 0.2) is 71.6 Å². The number of benzene rings is 3. The Bertz CT molecular complexity index is 1240. The third-order valence-corrected chi connectivity index (χ3v) is 5.71. The van der Waals surface area contributed by atoms with E-state index in [-0.39, 0.29) is 22.1 Å². The molecule has 3 aromatic rings. The number of amides is 2. The maximum absolute atomic E-state index is 13.8. The van der Waals surface area contributed by atoms with E-state index < -0.39 is 21.7 Å². The molecule has 3 N–H and O–H groups in total. The number of sulfonamides is 1. The third-order valence-electron chi connectivity index (χ3n) is 4.35. The van der Waals surface area contributed by atoms with E-state index in [0.29, 0.717) is 16.9 Å². The molecule has 0 saturated heterocycles. The molecule has 0 aliphatic heterocycles. The van der Waals surface area contributed by atoms with Crippen LogP contribution < -0.4 is 15.4 Å². The molecule has 160 valence electrons. The molecule has 0 radical (unpaired) electrons. The predicted octanol–water partition coefficient (Wildman–Crippen LogP) is 4.15. The summed E-state index contributed by atoms with van der Waals surface area (Å²) in [4.78, 5) is 23.6. The standard InChI is InChI=1S/C22H20FN3O4S/c1-14-7-12-18(31(29,30)26-21-6-4-3-5-20(21)23)13-19(14)22(28)25-17-10-8-16(9-11-17)24-15(2)27/h3-13,26H,1-2H3,(H,24,27)(H,25,28). The second-order valence-electron chi connectivity index (χ2n) is 6.77. The van der Waals surface area contributed by atoms with Crippen LogP contribution in [0.4, 0.5) is 21.5 Å². The molecule has 0 saturated carbocycles. The minimum Gasteiger partial charge on any atom is -0.326 e. The normalized spacial score (nSPS) is 10.9. The molecule has 0 bridgehead atoms. The van der Waals surface area contributed by atoms with E-state index in [0.717, 1.165) is 6.07 Å². The summed E-state index contributed by atoms with van der Waals surface area (Å²) in [6, 6.07) is 16.0. The lowest BCUT2D eigenvalue weighted by molar-refractivity contribution is -0.114. The highest BCUT2D eigenvalue weighted by atomic mass is 32.2. The zero-order chi connectivity index (χ0) is 22.6. The van der Waals surface area contributed by atoms with Gasteiger partial charge in [0.1, 0.15) is 5.82 Å². The minimum absolute atomic E-state index is 0.155. The first-order valence-corrected chi connectivity index (χ1v) is 10.7. The van der Waals surface area contributed by atoms with Crippen LogP contribution in [0.2, 0.25) is 0 Å². The summed E-state index contributed by atoms with van der Waals surface area (Å²) in [5, 5.41) is 5.31. The average molecular weight is 441 g/mol. The summed E-state index contributed by atoms with van der Waals surface area (Å²) in [5.41, 5.74) is 1.58. The van der Waals surface area contributed by atoms with Crippen molar-refractivity contribution in [2.75, 3.05) is 15.4 Å². The molecule has 2 amide bonds. The predicted molar refractivity (Wildman–Crippen MR) is 117 cm³/mol. The molecule has 7 nitrogen and oxygen atoms in total. The van der Waals surface area contributed by atoms with Crippen LogP contribution in [0.5, 0.6) is 0 Å². The van der Waals surface area contributed by atoms with Crippen molar-refractivity contribution in [3.63, 3.8) is 0 Å². The van der Waals surface area contributed by atoms with E-state index in [1.54, 1.807) is 31.2 Å². The lowest BCUT2D eigenvalue weighted by atomic mass is 10.1. The van der Waals surface area contributed by atoms with E-state index in [9.17, 15) is 22.4 Å². The lowest BCUT2D eigenvalue weighted by Crippen LogP contribution is -2.17. The van der Waals surface area contributed by atoms with E-state index in [4.69, 9.17) is 0 Å². The molecule has 0 atom stereocenters. The highest BCUT2D eigenvalue weighted by Gasteiger charge is 2.19. The van der Waals surface area contributed by atoms with Gasteiger partial charge in [-0.25, -0.2) is 12.8 Å². The Balaban J connectivity index is 1.82. The zero-order valence-corrected chi connectivity index (χ0v) is 17.6. The Morgan fingerprint density at radius 1 is 0.871 bits per heavy atom. The molecule has 0 spiro atoms. The fourth-order valence-corrected chi connectivity index (χ4v) is 3.89. The van der Waals surface area contributed by atoms with E-state index in [1.165, 1.54) is 43.3 Å². The van der Waals surface area contributed by atoms with Crippen LogP contribution in [-0.2, 0) is 14.8 Å². The van der Waals surface area contributed by atoms with E-state index in [2.05, 4.69) is 15.4 Å². The van der Waals surface area contributed by atoms with Crippen LogP contribution in [0.1, 0.15) is 22.8 Å². The van der Waals surface area contributed by atoms with Crippen LogP contribution in [0.3, 0.4) is 0 Å². The molecule has 3 rings (SSSR count). The van der Waals surface area contributed by atoms with Crippen molar-refractivity contribution in [2.45, 2.75) is 18.7 Å². The Morgan fingerprint density at radius 2 is 1.48 bits per heavy atom. The topological polar surface area (TPSA) is 104 Å². The van der Waals surface area contributed by atoms with Gasteiger partial charge in [-0.2, -0.15) is 0 Å². The number of rotatable bonds is 6. The largest absolute Gasteiger partial charge is 0.326 e. The molecular weight excluding hydrogens is 421 g/mol. The molecule has 0 aliphatic carbocycles. The van der Waals surface area contributed by atoms with Crippen LogP contribution in [0.25, 0.3) is 0 Å². The van der Waals surface area contributed by atoms with Gasteiger partial charge in [-0.1, -0.05) is 18.2 Å². The molecule has 0 aliphatic rings. The lowest BCUT2D eigenvalue weighted by Gasteiger charge is -2.12. The average Bonchev–Trinajstić information content (AvgIpc) is 2.71. The Labute approximate surface area is 179 Å². The zero-order valence-electron chi connectivity index (χ0n) is 16.8. The van der Waals surface area contributed by atoms with Crippen molar-refractivity contribution >= 4 is 38.9 Å². The molecule has 0 aromatic heterocycles. The van der Waals surface area contributed by atoms with Crippen molar-refractivity contribution < 1.29 is 22.4 Å². The van der Waals surface area contributed by atoms with Gasteiger partial charge < -0.3 is 10.6 Å². The van der Waals surface area contributed by atoms with Crippen molar-refractivity contribution in [1.29, 1.82) is 0 Å². The summed E-state index contributed by atoms with van der Waals surface area (Å²) in [7, 11) is -4.11. The molecule has 9 heteroatoms. The molecule has 0 fully saturated rings. The van der Waals surface area contributed by atoms with Crippen molar-refractivity contribution in [3.05, 3.63) is 83.7 Å². The van der Waals surface area contributed by atoms with Crippen LogP contribution in [0, 0.1) is 12.7 Å². The minimum atomic E-state index is -4.11. The van der Waals surface area contributed by atoms with E-state index >= 15 is 0 Å². The van der Waals surface area contributed by atoms with Gasteiger partial charge in [0.05, 0.1) is 10.6 Å². The van der Waals surface area contributed by atoms with Crippen molar-refractivity contribution in [1.82, 2.24) is 0 Å². The maximum atomic E-state index is 13.8. The molecule has 3 aromatic carbocycles. The fraction of sp³-hybridized carbons (Fsp3) is 0.0909. The molecule has 31 heavy (non-hydrogen) atoms. The van der Waals surface area contributed by atoms with Gasteiger partial charge in [0, 0.05) is 23.9 Å². The number of carbonyl (C=O) groups excluding carboxylic acids is 2. The second kappa shape index (κ2) is 8.97. The van der Waals surface area contributed by atoms with E-state index in [1.807, 2.05) is 0 Å². The number of nitrogens with one attached hydrogen (secondary N) is 3. The first-order valence-electron chi connectivity index (χ1n) is 9.23. The number of carbonyl (C=O) groups is 2. The highest BCUT2D eigenvalue weighted by Crippen LogP contribution is 2.22. The monoisotopic (exact) mass is 441 g/mol. The highest BCUT2D eigenvalue weighted by molar-refractivity contribution is 7.92. The number of hydrogen-bond acceptors (Lipinski definition) is 4. The summed E-state index contributed by atoms with van der Waals surface area (Å²) >= 11 is 0. The second-order valence-corrected chi connectivity index (χ2v) is 8.46. The smallest absolute Gasteiger partial charge is 0.262 e. The number of para-hydroxylation sites is 1. The number of hydrogen-bond donors (Lipinski definition) is 3. The Kier molecular flexibility index (Phi) is 6.36. The molecule has 0 heterocycles. The van der Waals surface area contributed by atoms with Crippen LogP contribution >= 0.6 is 0 Å². The Morgan fingerprint density at radius 3 is 2.10 bits per heavy atom. The molecular formula is C22H20FN3O4S. The quantitative estimate of drug-likeness (QED) is 0.535. The first kappa shape index (κ1) is 22.0. The summed E-state index contributed by atoms with van der Waals surface area (Å²) in [6.45, 7) is 3.07. The van der Waals surface area contributed by atoms with Gasteiger partial charge in [0.2, 0.25) is 5.91 Å². The summed E-state index contributed by atoms with van der Waals surface area (Å²) in [6.07, 6.45) is 0. The van der Waals surface area contributed by atoms with Gasteiger partial charge in [0.25, 0.3) is 15.9 Å². The first-order chi connectivity index (χ1) is 14.7. The van der Waals surface area contributed by atoms with Gasteiger partial charge in [-0.3, -0.25) is 14.3 Å². The summed E-state index contributed by atoms with van der Waals surface area (Å²) < 4.78 is 41.4. The van der Waals surface area contributed by atoms with Crippen LogP contribution in [-0.4, -0.2) is 20.2 Å². The van der Waals surface area contributed by atoms with Crippen molar-refractivity contribution in [2.24, 2.45) is 0 Å². The molecule has 0 unspecified atom stereocenters. The number of halogens is 1. The summed E-state index contributed by atoms with van der Waals surface area (Å²) in [5.74, 6) is -1.43. The fourth-order valence-electron chi connectivity index (χ4n) is 2.80. The third kappa shape index (κ3) is 5.46. The Hall–Kier alpha value is -3.72. The maximum Gasteiger partial charge on any atom is 0.262 e. The number of aryl methyl sites for hydroxylation is 1. The number of anilines is 3. The van der Waals surface area contributed by atoms with Crippen molar-refractivity contribution in [3.8, 4) is 0 Å².